The third kappa shape index (κ3) is 2.88. The van der Waals surface area contributed by atoms with Crippen LogP contribution >= 0.6 is 0 Å². The van der Waals surface area contributed by atoms with E-state index < -0.39 is 0 Å². The van der Waals surface area contributed by atoms with Crippen molar-refractivity contribution in [1.82, 2.24) is 19.7 Å². The second kappa shape index (κ2) is 5.63. The lowest BCUT2D eigenvalue weighted by atomic mass is 9.79. The Labute approximate surface area is 132 Å². The lowest BCUT2D eigenvalue weighted by molar-refractivity contribution is 0.0898. The lowest BCUT2D eigenvalue weighted by Crippen LogP contribution is -2.52. The molecule has 5 nitrogen and oxygen atoms in total. The molecule has 2 aromatic rings. The Morgan fingerprint density at radius 1 is 1.36 bits per heavy atom. The van der Waals surface area contributed by atoms with E-state index in [2.05, 4.69) is 48.7 Å². The van der Waals surface area contributed by atoms with Crippen LogP contribution in [0, 0.1) is 5.41 Å². The summed E-state index contributed by atoms with van der Waals surface area (Å²) >= 11 is 0. The summed E-state index contributed by atoms with van der Waals surface area (Å²) in [5.74, 6) is 0. The molecule has 0 aromatic carbocycles. The van der Waals surface area contributed by atoms with E-state index in [1.165, 1.54) is 5.56 Å². The number of rotatable bonds is 3. The molecule has 1 aliphatic heterocycles. The minimum atomic E-state index is 0.179. The molecule has 3 rings (SSSR count). The van der Waals surface area contributed by atoms with Crippen molar-refractivity contribution < 1.29 is 0 Å². The van der Waals surface area contributed by atoms with Crippen molar-refractivity contribution in [3.63, 3.8) is 0 Å². The van der Waals surface area contributed by atoms with Crippen LogP contribution in [-0.2, 0) is 6.54 Å². The van der Waals surface area contributed by atoms with Crippen molar-refractivity contribution in [2.24, 2.45) is 11.1 Å². The van der Waals surface area contributed by atoms with Gasteiger partial charge in [0.15, 0.2) is 5.65 Å². The van der Waals surface area contributed by atoms with Crippen LogP contribution in [-0.4, -0.2) is 38.8 Å². The van der Waals surface area contributed by atoms with Crippen molar-refractivity contribution in [2.45, 2.75) is 52.7 Å². The predicted molar refractivity (Wildman–Crippen MR) is 89.6 cm³/mol. The molecule has 0 spiro atoms. The summed E-state index contributed by atoms with van der Waals surface area (Å²) in [4.78, 5) is 7.11. The highest BCUT2D eigenvalue weighted by molar-refractivity contribution is 5.75. The van der Waals surface area contributed by atoms with E-state index in [4.69, 9.17) is 5.73 Å². The number of fused-ring (bicyclic) bond motifs is 1. The number of likely N-dealkylation sites (tertiary alicyclic amines) is 1. The number of nitrogens with zero attached hydrogens (tertiary/aromatic N) is 4. The van der Waals surface area contributed by atoms with Crippen LogP contribution in [0.4, 0.5) is 0 Å². The normalized spacial score (nSPS) is 22.5. The minimum Gasteiger partial charge on any atom is -0.327 e. The number of nitrogens with two attached hydrogens (primary N) is 1. The van der Waals surface area contributed by atoms with Gasteiger partial charge in [0.05, 0.1) is 6.20 Å². The van der Waals surface area contributed by atoms with Gasteiger partial charge < -0.3 is 5.73 Å². The fourth-order valence-corrected chi connectivity index (χ4v) is 3.33. The van der Waals surface area contributed by atoms with Crippen molar-refractivity contribution in [1.29, 1.82) is 0 Å². The molecule has 0 saturated carbocycles. The van der Waals surface area contributed by atoms with Gasteiger partial charge in [-0.3, -0.25) is 4.90 Å². The molecule has 1 unspecified atom stereocenters. The lowest BCUT2D eigenvalue weighted by Gasteiger charge is -2.42. The summed E-state index contributed by atoms with van der Waals surface area (Å²) in [5.41, 5.74) is 8.63. The first-order valence-electron chi connectivity index (χ1n) is 8.17. The van der Waals surface area contributed by atoms with Crippen LogP contribution in [0.2, 0.25) is 0 Å². The first-order valence-corrected chi connectivity index (χ1v) is 8.17. The molecular weight excluding hydrogens is 274 g/mol. The van der Waals surface area contributed by atoms with E-state index in [-0.39, 0.29) is 5.41 Å². The van der Waals surface area contributed by atoms with Gasteiger partial charge in [0.25, 0.3) is 0 Å². The molecule has 1 atom stereocenters. The Kier molecular flexibility index (Phi) is 3.95. The number of hydrogen-bond acceptors (Lipinski definition) is 4. The van der Waals surface area contributed by atoms with E-state index >= 15 is 0 Å². The Morgan fingerprint density at radius 3 is 2.82 bits per heavy atom. The maximum absolute atomic E-state index is 6.22. The molecule has 0 amide bonds. The van der Waals surface area contributed by atoms with Gasteiger partial charge in [-0.2, -0.15) is 5.10 Å². The van der Waals surface area contributed by atoms with Crippen LogP contribution < -0.4 is 5.73 Å². The summed E-state index contributed by atoms with van der Waals surface area (Å²) in [7, 11) is 0. The summed E-state index contributed by atoms with van der Waals surface area (Å²) in [6.45, 7) is 11.8. The quantitative estimate of drug-likeness (QED) is 0.946. The average molecular weight is 301 g/mol. The fourth-order valence-electron chi connectivity index (χ4n) is 3.33. The van der Waals surface area contributed by atoms with Gasteiger partial charge in [-0.05, 0) is 37.3 Å². The van der Waals surface area contributed by atoms with Crippen molar-refractivity contribution in [2.75, 3.05) is 13.1 Å². The largest absolute Gasteiger partial charge is 0.327 e. The van der Waals surface area contributed by atoms with Crippen LogP contribution in [0.1, 0.15) is 45.7 Å². The van der Waals surface area contributed by atoms with E-state index in [1.54, 1.807) is 0 Å². The van der Waals surface area contributed by atoms with Gasteiger partial charge in [-0.25, -0.2) is 9.67 Å². The zero-order valence-corrected chi connectivity index (χ0v) is 14.1. The minimum absolute atomic E-state index is 0.179. The fraction of sp³-hybridized carbons (Fsp3) is 0.647. The van der Waals surface area contributed by atoms with Crippen molar-refractivity contribution in [3.05, 3.63) is 24.0 Å². The van der Waals surface area contributed by atoms with Gasteiger partial charge in [0.1, 0.15) is 0 Å². The third-order valence-electron chi connectivity index (χ3n) is 4.78. The average Bonchev–Trinajstić information content (AvgIpc) is 2.86. The van der Waals surface area contributed by atoms with E-state index in [1.807, 2.05) is 17.1 Å². The molecule has 3 heterocycles. The smallest absolute Gasteiger partial charge is 0.157 e. The SMILES string of the molecule is CC(C)n1ncc2cc(CN3CCC(N)C(C)(C)C3)cnc21. The molecular formula is C17H27N5. The van der Waals surface area contributed by atoms with Crippen LogP contribution in [0.25, 0.3) is 11.0 Å². The zero-order valence-electron chi connectivity index (χ0n) is 14.1. The van der Waals surface area contributed by atoms with E-state index in [0.29, 0.717) is 12.1 Å². The monoisotopic (exact) mass is 301 g/mol. The number of piperidine rings is 1. The highest BCUT2D eigenvalue weighted by atomic mass is 15.3. The molecule has 2 N–H and O–H groups in total. The number of hydrogen-bond donors (Lipinski definition) is 1. The molecule has 22 heavy (non-hydrogen) atoms. The van der Waals surface area contributed by atoms with E-state index in [9.17, 15) is 0 Å². The molecule has 120 valence electrons. The molecule has 0 radical (unpaired) electrons. The summed E-state index contributed by atoms with van der Waals surface area (Å²) in [6.07, 6.45) is 4.97. The molecule has 1 fully saturated rings. The van der Waals surface area contributed by atoms with Crippen molar-refractivity contribution >= 4 is 11.0 Å². The van der Waals surface area contributed by atoms with Gasteiger partial charge in [0.2, 0.25) is 0 Å². The zero-order chi connectivity index (χ0) is 15.9. The Hall–Kier alpha value is -1.46. The molecule has 1 saturated heterocycles. The van der Waals surface area contributed by atoms with Crippen LogP contribution in [0.3, 0.4) is 0 Å². The van der Waals surface area contributed by atoms with Gasteiger partial charge in [-0.1, -0.05) is 13.8 Å². The van der Waals surface area contributed by atoms with E-state index in [0.717, 1.165) is 37.1 Å². The van der Waals surface area contributed by atoms with Crippen LogP contribution in [0.15, 0.2) is 18.5 Å². The first kappa shape index (κ1) is 15.4. The summed E-state index contributed by atoms with van der Waals surface area (Å²) < 4.78 is 1.97. The topological polar surface area (TPSA) is 60.0 Å². The second-order valence-corrected chi connectivity index (χ2v) is 7.53. The summed E-state index contributed by atoms with van der Waals surface area (Å²) in [6, 6.07) is 2.85. The molecule has 0 aliphatic carbocycles. The maximum atomic E-state index is 6.22. The standard InChI is InChI=1S/C17H27N5/c1-12(2)22-16-14(9-20-22)7-13(8-19-16)10-21-6-5-15(18)17(3,4)11-21/h7-9,12,15H,5-6,10-11,18H2,1-4H3. The molecule has 0 bridgehead atoms. The number of pyridine rings is 1. The van der Waals surface area contributed by atoms with Gasteiger partial charge in [0, 0.05) is 43.3 Å². The maximum Gasteiger partial charge on any atom is 0.157 e. The molecule has 5 heteroatoms. The van der Waals surface area contributed by atoms with Gasteiger partial charge >= 0.3 is 0 Å². The Bertz CT molecular complexity index is 658. The highest BCUT2D eigenvalue weighted by Gasteiger charge is 2.33. The van der Waals surface area contributed by atoms with Gasteiger partial charge in [-0.15, -0.1) is 0 Å². The molecule has 1 aliphatic rings. The Balaban J connectivity index is 1.77. The summed E-state index contributed by atoms with van der Waals surface area (Å²) in [5, 5.41) is 5.56. The molecule has 2 aromatic heterocycles. The number of aromatic nitrogens is 3. The highest BCUT2D eigenvalue weighted by Crippen LogP contribution is 2.28. The van der Waals surface area contributed by atoms with Crippen molar-refractivity contribution in [3.8, 4) is 0 Å². The first-order chi connectivity index (χ1) is 10.4. The predicted octanol–water partition coefficient (Wildman–Crippen LogP) is 2.57. The second-order valence-electron chi connectivity index (χ2n) is 7.53. The Morgan fingerprint density at radius 2 is 2.14 bits per heavy atom. The van der Waals surface area contributed by atoms with Crippen LogP contribution in [0.5, 0.6) is 0 Å². The third-order valence-corrected chi connectivity index (χ3v) is 4.78.